The molecule has 1 aliphatic rings. The van der Waals surface area contributed by atoms with E-state index in [9.17, 15) is 18.0 Å². The summed E-state index contributed by atoms with van der Waals surface area (Å²) in [4.78, 5) is 13.6. The number of benzene rings is 2. The fourth-order valence-corrected chi connectivity index (χ4v) is 4.11. The average molecular weight is 437 g/mol. The standard InChI is InChI=1S/C21H12ClF3O3S/c22-13-5-8-19-16(10-13)20(26)12(11-29-19)9-14-6-7-17(27-14)15-3-1-2-4-18(15)28-21(23,24)25/h1-10H,11H2/b12-9+. The maximum Gasteiger partial charge on any atom is 0.573 e. The van der Waals surface area contributed by atoms with Crippen LogP contribution in [0.3, 0.4) is 0 Å². The molecule has 29 heavy (non-hydrogen) atoms. The Morgan fingerprint density at radius 2 is 1.86 bits per heavy atom. The fourth-order valence-electron chi connectivity index (χ4n) is 2.94. The van der Waals surface area contributed by atoms with Gasteiger partial charge >= 0.3 is 6.36 Å². The van der Waals surface area contributed by atoms with Crippen molar-refractivity contribution in [2.45, 2.75) is 11.3 Å². The number of para-hydroxylation sites is 1. The van der Waals surface area contributed by atoms with Crippen molar-refractivity contribution in [2.75, 3.05) is 5.75 Å². The van der Waals surface area contributed by atoms with Crippen LogP contribution in [-0.4, -0.2) is 17.9 Å². The smallest absolute Gasteiger partial charge is 0.457 e. The molecule has 0 bridgehead atoms. The Hall–Kier alpha value is -2.64. The van der Waals surface area contributed by atoms with Crippen molar-refractivity contribution in [3.8, 4) is 17.1 Å². The first-order chi connectivity index (χ1) is 13.8. The van der Waals surface area contributed by atoms with E-state index in [2.05, 4.69) is 4.74 Å². The van der Waals surface area contributed by atoms with Gasteiger partial charge in [0.15, 0.2) is 5.78 Å². The Morgan fingerprint density at radius 1 is 1.07 bits per heavy atom. The Morgan fingerprint density at radius 3 is 2.66 bits per heavy atom. The lowest BCUT2D eigenvalue weighted by Crippen LogP contribution is -2.17. The lowest BCUT2D eigenvalue weighted by molar-refractivity contribution is -0.274. The molecule has 0 radical (unpaired) electrons. The molecule has 1 aromatic heterocycles. The molecular weight excluding hydrogens is 425 g/mol. The minimum absolute atomic E-state index is 0.153. The number of furan rings is 1. The number of ether oxygens (including phenoxy) is 1. The van der Waals surface area contributed by atoms with Gasteiger partial charge < -0.3 is 9.15 Å². The summed E-state index contributed by atoms with van der Waals surface area (Å²) in [6, 6.07) is 14.0. The van der Waals surface area contributed by atoms with E-state index >= 15 is 0 Å². The molecule has 0 saturated heterocycles. The number of rotatable bonds is 3. The van der Waals surface area contributed by atoms with Gasteiger partial charge in [0.1, 0.15) is 17.3 Å². The molecule has 1 aliphatic heterocycles. The molecular formula is C21H12ClF3O3S. The van der Waals surface area contributed by atoms with Gasteiger partial charge in [-0.05, 0) is 48.5 Å². The van der Waals surface area contributed by atoms with E-state index in [0.29, 0.717) is 27.7 Å². The first kappa shape index (κ1) is 19.7. The molecule has 0 N–H and O–H groups in total. The van der Waals surface area contributed by atoms with Gasteiger partial charge in [-0.3, -0.25) is 4.79 Å². The Bertz CT molecular complexity index is 1120. The van der Waals surface area contributed by atoms with Crippen LogP contribution in [0.5, 0.6) is 5.75 Å². The molecule has 3 nitrogen and oxygen atoms in total. The van der Waals surface area contributed by atoms with Crippen molar-refractivity contribution in [1.29, 1.82) is 0 Å². The summed E-state index contributed by atoms with van der Waals surface area (Å²) in [7, 11) is 0. The number of halogens is 4. The third kappa shape index (κ3) is 4.36. The van der Waals surface area contributed by atoms with Gasteiger partial charge in [-0.25, -0.2) is 0 Å². The van der Waals surface area contributed by atoms with E-state index in [4.69, 9.17) is 16.0 Å². The quantitative estimate of drug-likeness (QED) is 0.420. The molecule has 0 fully saturated rings. The molecule has 0 amide bonds. The van der Waals surface area contributed by atoms with E-state index in [1.807, 2.05) is 0 Å². The van der Waals surface area contributed by atoms with Crippen molar-refractivity contribution in [3.63, 3.8) is 0 Å². The van der Waals surface area contributed by atoms with E-state index in [1.165, 1.54) is 36.0 Å². The maximum absolute atomic E-state index is 12.7. The van der Waals surface area contributed by atoms with Crippen LogP contribution < -0.4 is 4.74 Å². The second kappa shape index (κ2) is 7.65. The van der Waals surface area contributed by atoms with Crippen LogP contribution >= 0.6 is 23.4 Å². The molecule has 0 spiro atoms. The molecule has 0 unspecified atom stereocenters. The van der Waals surface area contributed by atoms with Crippen LogP contribution in [0.25, 0.3) is 17.4 Å². The van der Waals surface area contributed by atoms with Gasteiger partial charge in [0, 0.05) is 26.8 Å². The number of carbonyl (C=O) groups is 1. The molecule has 0 saturated carbocycles. The van der Waals surface area contributed by atoms with Crippen molar-refractivity contribution < 1.29 is 27.1 Å². The highest BCUT2D eigenvalue weighted by molar-refractivity contribution is 7.99. The topological polar surface area (TPSA) is 39.4 Å². The molecule has 8 heteroatoms. The molecule has 148 valence electrons. The molecule has 0 aliphatic carbocycles. The monoisotopic (exact) mass is 436 g/mol. The summed E-state index contributed by atoms with van der Waals surface area (Å²) in [5, 5.41) is 0.473. The number of Topliss-reactive ketones (excluding diaryl/α,β-unsaturated/α-hetero) is 1. The van der Waals surface area contributed by atoms with E-state index in [0.717, 1.165) is 4.90 Å². The normalized spacial score (nSPS) is 15.4. The molecule has 3 aromatic rings. The Labute approximate surface area is 173 Å². The van der Waals surface area contributed by atoms with Crippen molar-refractivity contribution in [3.05, 3.63) is 76.5 Å². The minimum Gasteiger partial charge on any atom is -0.457 e. The summed E-state index contributed by atoms with van der Waals surface area (Å²) in [6.45, 7) is 0. The summed E-state index contributed by atoms with van der Waals surface area (Å²) in [5.74, 6) is 0.505. The van der Waals surface area contributed by atoms with Crippen LogP contribution in [-0.2, 0) is 0 Å². The second-order valence-corrected chi connectivity index (χ2v) is 7.63. The Kier molecular flexibility index (Phi) is 5.19. The zero-order valence-corrected chi connectivity index (χ0v) is 16.2. The number of ketones is 1. The second-order valence-electron chi connectivity index (χ2n) is 6.17. The van der Waals surface area contributed by atoms with Gasteiger partial charge in [0.25, 0.3) is 0 Å². The van der Waals surface area contributed by atoms with Crippen LogP contribution in [0.2, 0.25) is 5.02 Å². The predicted octanol–water partition coefficient (Wildman–Crippen LogP) is 6.87. The summed E-state index contributed by atoms with van der Waals surface area (Å²) >= 11 is 7.50. The average Bonchev–Trinajstić information content (AvgIpc) is 3.12. The number of carbonyl (C=O) groups excluding carboxylic acids is 1. The third-order valence-electron chi connectivity index (χ3n) is 4.18. The number of hydrogen-bond donors (Lipinski definition) is 0. The van der Waals surface area contributed by atoms with Gasteiger partial charge in [-0.1, -0.05) is 23.7 Å². The van der Waals surface area contributed by atoms with Gasteiger partial charge in [0.2, 0.25) is 0 Å². The predicted molar refractivity (Wildman–Crippen MR) is 105 cm³/mol. The highest BCUT2D eigenvalue weighted by atomic mass is 35.5. The van der Waals surface area contributed by atoms with E-state index in [1.54, 1.807) is 36.4 Å². The number of thioether (sulfide) groups is 1. The van der Waals surface area contributed by atoms with Gasteiger partial charge in [-0.15, -0.1) is 24.9 Å². The lowest BCUT2D eigenvalue weighted by atomic mass is 10.0. The molecule has 2 heterocycles. The van der Waals surface area contributed by atoms with Crippen molar-refractivity contribution >= 4 is 35.2 Å². The highest BCUT2D eigenvalue weighted by Gasteiger charge is 2.32. The Balaban J connectivity index is 1.64. The van der Waals surface area contributed by atoms with E-state index in [-0.39, 0.29) is 22.9 Å². The van der Waals surface area contributed by atoms with Crippen LogP contribution in [0.15, 0.2) is 69.5 Å². The SMILES string of the molecule is O=C1/C(=C/c2ccc(-c3ccccc3OC(F)(F)F)o2)CSc2ccc(Cl)cc21. The first-order valence-electron chi connectivity index (χ1n) is 8.43. The number of hydrogen-bond acceptors (Lipinski definition) is 4. The summed E-state index contributed by atoms with van der Waals surface area (Å²) in [6.07, 6.45) is -3.22. The zero-order chi connectivity index (χ0) is 20.6. The van der Waals surface area contributed by atoms with Crippen LogP contribution in [0.1, 0.15) is 16.1 Å². The minimum atomic E-state index is -4.81. The number of fused-ring (bicyclic) bond motifs is 1. The van der Waals surface area contributed by atoms with Crippen molar-refractivity contribution in [2.24, 2.45) is 0 Å². The zero-order valence-electron chi connectivity index (χ0n) is 14.6. The van der Waals surface area contributed by atoms with Gasteiger partial charge in [-0.2, -0.15) is 0 Å². The lowest BCUT2D eigenvalue weighted by Gasteiger charge is -2.16. The first-order valence-corrected chi connectivity index (χ1v) is 9.79. The summed E-state index contributed by atoms with van der Waals surface area (Å²) < 4.78 is 47.6. The van der Waals surface area contributed by atoms with E-state index < -0.39 is 6.36 Å². The highest BCUT2D eigenvalue weighted by Crippen LogP contribution is 2.37. The molecule has 4 rings (SSSR count). The van der Waals surface area contributed by atoms with Crippen molar-refractivity contribution in [1.82, 2.24) is 0 Å². The van der Waals surface area contributed by atoms with Crippen LogP contribution in [0.4, 0.5) is 13.2 Å². The maximum atomic E-state index is 12.7. The fraction of sp³-hybridized carbons (Fsp3) is 0.0952. The molecule has 2 aromatic carbocycles. The largest absolute Gasteiger partial charge is 0.573 e. The molecule has 0 atom stereocenters. The van der Waals surface area contributed by atoms with Crippen LogP contribution in [0, 0.1) is 0 Å². The third-order valence-corrected chi connectivity index (χ3v) is 5.54. The van der Waals surface area contributed by atoms with Gasteiger partial charge in [0.05, 0.1) is 5.56 Å². The summed E-state index contributed by atoms with van der Waals surface area (Å²) in [5.41, 5.74) is 1.21. The number of alkyl halides is 3.